The quantitative estimate of drug-likeness (QED) is 0.310. The molecular weight excluding hydrogens is 404 g/mol. The van der Waals surface area contributed by atoms with Gasteiger partial charge in [0.2, 0.25) is 0 Å². The number of aromatic hydroxyl groups is 5. The summed E-state index contributed by atoms with van der Waals surface area (Å²) in [6.45, 7) is 1.20. The first-order valence-corrected chi connectivity index (χ1v) is 8.98. The Kier molecular flexibility index (Phi) is 5.83. The number of Topliss-reactive ketones (excluding diaryl/α,β-unsaturated/α-hetero) is 1. The Morgan fingerprint density at radius 1 is 0.774 bits per heavy atom. The summed E-state index contributed by atoms with van der Waals surface area (Å²) in [5, 5.41) is 48.3. The molecule has 8 heteroatoms. The maximum absolute atomic E-state index is 12.5. The zero-order valence-corrected chi connectivity index (χ0v) is 16.2. The number of carbonyl (C=O) groups is 1. The van der Waals surface area contributed by atoms with E-state index in [1.165, 1.54) is 61.5 Å². The number of ketones is 1. The summed E-state index contributed by atoms with van der Waals surface area (Å²) in [7, 11) is 0. The van der Waals surface area contributed by atoms with Crippen molar-refractivity contribution in [2.24, 2.45) is 0 Å². The van der Waals surface area contributed by atoms with E-state index in [9.17, 15) is 35.1 Å². The number of carbonyl (C=O) groups excluding carboxylic acids is 1. The van der Waals surface area contributed by atoms with Gasteiger partial charge in [-0.1, -0.05) is 18.2 Å². The standard InChI is InChI=1S/C23H18O8/c1-12(24)16(8-14-4-7-18(26)20(28)10-14)22-21(29)11-15(31-23(22)30)5-2-13-3-6-17(25)19(27)9-13/h2-11,25-29H,1H3. The maximum Gasteiger partial charge on any atom is 0.348 e. The second kappa shape index (κ2) is 8.50. The van der Waals surface area contributed by atoms with Crippen LogP contribution in [0.25, 0.3) is 23.8 Å². The largest absolute Gasteiger partial charge is 0.507 e. The van der Waals surface area contributed by atoms with Gasteiger partial charge in [-0.15, -0.1) is 0 Å². The van der Waals surface area contributed by atoms with E-state index in [0.29, 0.717) is 11.1 Å². The number of allylic oxidation sites excluding steroid dienone is 1. The van der Waals surface area contributed by atoms with E-state index in [1.54, 1.807) is 0 Å². The number of hydrogen-bond acceptors (Lipinski definition) is 8. The predicted molar refractivity (Wildman–Crippen MR) is 114 cm³/mol. The van der Waals surface area contributed by atoms with Gasteiger partial charge in [-0.2, -0.15) is 0 Å². The van der Waals surface area contributed by atoms with Gasteiger partial charge in [-0.3, -0.25) is 4.79 Å². The van der Waals surface area contributed by atoms with Crippen LogP contribution in [0.4, 0.5) is 0 Å². The second-order valence-corrected chi connectivity index (χ2v) is 6.64. The Morgan fingerprint density at radius 2 is 1.35 bits per heavy atom. The fourth-order valence-corrected chi connectivity index (χ4v) is 2.80. The van der Waals surface area contributed by atoms with E-state index in [1.807, 2.05) is 0 Å². The minimum Gasteiger partial charge on any atom is -0.507 e. The van der Waals surface area contributed by atoms with Gasteiger partial charge in [0, 0.05) is 11.6 Å². The summed E-state index contributed by atoms with van der Waals surface area (Å²) < 4.78 is 5.18. The fourth-order valence-electron chi connectivity index (χ4n) is 2.80. The van der Waals surface area contributed by atoms with Crippen LogP contribution in [-0.4, -0.2) is 31.3 Å². The molecule has 8 nitrogen and oxygen atoms in total. The van der Waals surface area contributed by atoms with Gasteiger partial charge in [-0.05, 0) is 54.5 Å². The molecule has 0 atom stereocenters. The molecule has 0 saturated heterocycles. The Morgan fingerprint density at radius 3 is 1.90 bits per heavy atom. The molecule has 3 aromatic rings. The lowest BCUT2D eigenvalue weighted by molar-refractivity contribution is -0.111. The topological polar surface area (TPSA) is 148 Å². The third-order valence-electron chi connectivity index (χ3n) is 4.35. The van der Waals surface area contributed by atoms with Crippen LogP contribution >= 0.6 is 0 Å². The molecule has 0 bridgehead atoms. The lowest BCUT2D eigenvalue weighted by Crippen LogP contribution is -2.11. The van der Waals surface area contributed by atoms with Gasteiger partial charge in [0.1, 0.15) is 17.1 Å². The number of phenols is 4. The minimum absolute atomic E-state index is 0.0102. The number of benzene rings is 2. The van der Waals surface area contributed by atoms with Crippen molar-refractivity contribution in [2.75, 3.05) is 0 Å². The average molecular weight is 422 g/mol. The highest BCUT2D eigenvalue weighted by atomic mass is 16.4. The van der Waals surface area contributed by atoms with Gasteiger partial charge in [-0.25, -0.2) is 4.79 Å². The lowest BCUT2D eigenvalue weighted by atomic mass is 10.00. The van der Waals surface area contributed by atoms with E-state index in [0.717, 1.165) is 6.07 Å². The van der Waals surface area contributed by atoms with Crippen molar-refractivity contribution in [1.82, 2.24) is 0 Å². The normalized spacial score (nSPS) is 11.7. The molecule has 2 aromatic carbocycles. The van der Waals surface area contributed by atoms with Crippen LogP contribution in [0, 0.1) is 0 Å². The highest BCUT2D eigenvalue weighted by Gasteiger charge is 2.19. The third kappa shape index (κ3) is 4.76. The summed E-state index contributed by atoms with van der Waals surface area (Å²) in [6, 6.07) is 9.08. The van der Waals surface area contributed by atoms with Crippen LogP contribution in [0.2, 0.25) is 0 Å². The molecule has 0 saturated carbocycles. The molecule has 0 amide bonds. The highest BCUT2D eigenvalue weighted by molar-refractivity contribution is 6.24. The van der Waals surface area contributed by atoms with Crippen molar-refractivity contribution in [3.63, 3.8) is 0 Å². The summed E-state index contributed by atoms with van der Waals surface area (Å²) in [6.07, 6.45) is 4.13. The smallest absolute Gasteiger partial charge is 0.348 e. The molecule has 0 unspecified atom stereocenters. The van der Waals surface area contributed by atoms with E-state index >= 15 is 0 Å². The lowest BCUT2D eigenvalue weighted by Gasteiger charge is -2.07. The Balaban J connectivity index is 2.01. The van der Waals surface area contributed by atoms with Gasteiger partial charge < -0.3 is 29.9 Å². The molecular formula is C23H18O8. The Hall–Kier alpha value is -4.46. The number of hydrogen-bond donors (Lipinski definition) is 5. The highest BCUT2D eigenvalue weighted by Crippen LogP contribution is 2.30. The van der Waals surface area contributed by atoms with Gasteiger partial charge in [0.05, 0.1) is 0 Å². The first-order valence-electron chi connectivity index (χ1n) is 8.98. The molecule has 0 aliphatic heterocycles. The first kappa shape index (κ1) is 21.3. The molecule has 0 aliphatic carbocycles. The molecule has 1 aromatic heterocycles. The Bertz CT molecular complexity index is 1280. The van der Waals surface area contributed by atoms with Crippen LogP contribution in [0.15, 0.2) is 51.7 Å². The van der Waals surface area contributed by atoms with E-state index in [2.05, 4.69) is 0 Å². The van der Waals surface area contributed by atoms with E-state index < -0.39 is 22.9 Å². The van der Waals surface area contributed by atoms with Crippen molar-refractivity contribution in [1.29, 1.82) is 0 Å². The second-order valence-electron chi connectivity index (χ2n) is 6.64. The molecule has 1 heterocycles. The van der Waals surface area contributed by atoms with E-state index in [-0.39, 0.29) is 34.1 Å². The molecule has 0 spiro atoms. The van der Waals surface area contributed by atoms with Gasteiger partial charge >= 0.3 is 5.63 Å². The zero-order valence-electron chi connectivity index (χ0n) is 16.2. The molecule has 3 rings (SSSR count). The van der Waals surface area contributed by atoms with E-state index in [4.69, 9.17) is 4.42 Å². The van der Waals surface area contributed by atoms with Gasteiger partial charge in [0.25, 0.3) is 0 Å². The van der Waals surface area contributed by atoms with Crippen molar-refractivity contribution in [2.45, 2.75) is 6.92 Å². The summed E-state index contributed by atoms with van der Waals surface area (Å²) in [5.74, 6) is -2.39. The maximum atomic E-state index is 12.5. The van der Waals surface area contributed by atoms with Crippen LogP contribution in [0.5, 0.6) is 28.7 Å². The van der Waals surface area contributed by atoms with Crippen LogP contribution < -0.4 is 5.63 Å². The Labute approximate surface area is 175 Å². The molecule has 31 heavy (non-hydrogen) atoms. The monoisotopic (exact) mass is 422 g/mol. The van der Waals surface area contributed by atoms with Crippen LogP contribution in [-0.2, 0) is 4.79 Å². The fraction of sp³-hybridized carbons (Fsp3) is 0.0435. The van der Waals surface area contributed by atoms with Crippen molar-refractivity contribution in [3.05, 3.63) is 75.3 Å². The SMILES string of the molecule is CC(=O)C(=Cc1ccc(O)c(O)c1)c1c(O)cc(C=Cc2ccc(O)c(O)c2)oc1=O. The summed E-state index contributed by atoms with van der Waals surface area (Å²) >= 11 is 0. The number of rotatable bonds is 5. The summed E-state index contributed by atoms with van der Waals surface area (Å²) in [4.78, 5) is 24.6. The average Bonchev–Trinajstić information content (AvgIpc) is 2.70. The number of phenolic OH excluding ortho intramolecular Hbond substituents is 4. The predicted octanol–water partition coefficient (Wildman–Crippen LogP) is 3.47. The molecule has 0 radical (unpaired) electrons. The summed E-state index contributed by atoms with van der Waals surface area (Å²) in [5.41, 5.74) is -0.638. The zero-order chi connectivity index (χ0) is 22.7. The van der Waals surface area contributed by atoms with Crippen molar-refractivity contribution < 1.29 is 34.7 Å². The van der Waals surface area contributed by atoms with Gasteiger partial charge in [0.15, 0.2) is 28.8 Å². The van der Waals surface area contributed by atoms with Crippen molar-refractivity contribution >= 4 is 29.6 Å². The first-order chi connectivity index (χ1) is 14.7. The van der Waals surface area contributed by atoms with Crippen LogP contribution in [0.1, 0.15) is 29.4 Å². The van der Waals surface area contributed by atoms with Crippen molar-refractivity contribution in [3.8, 4) is 28.7 Å². The molecule has 5 N–H and O–H groups in total. The molecule has 0 fully saturated rings. The minimum atomic E-state index is -0.961. The molecule has 0 aliphatic rings. The third-order valence-corrected chi connectivity index (χ3v) is 4.35. The van der Waals surface area contributed by atoms with Crippen LogP contribution in [0.3, 0.4) is 0 Å². The molecule has 158 valence electrons.